The lowest BCUT2D eigenvalue weighted by molar-refractivity contribution is -0.134. The Bertz CT molecular complexity index is 1060. The van der Waals surface area contributed by atoms with Crippen molar-refractivity contribution < 1.29 is 23.2 Å². The largest absolute Gasteiger partial charge is 0.366 e. The molecule has 0 radical (unpaired) electrons. The molecule has 4 amide bonds. The van der Waals surface area contributed by atoms with Crippen LogP contribution in [0.5, 0.6) is 0 Å². The summed E-state index contributed by atoms with van der Waals surface area (Å²) in [4.78, 5) is 41.0. The van der Waals surface area contributed by atoms with Crippen molar-refractivity contribution in [2.45, 2.75) is 18.6 Å². The number of nitrogens with one attached hydrogen (secondary N) is 2. The summed E-state index contributed by atoms with van der Waals surface area (Å²) < 4.78 is 26.5. The summed E-state index contributed by atoms with van der Waals surface area (Å²) in [7, 11) is 1.63. The molecule has 0 aromatic heterocycles. The summed E-state index contributed by atoms with van der Waals surface area (Å²) in [6, 6.07) is 9.82. The van der Waals surface area contributed by atoms with Crippen LogP contribution in [0.25, 0.3) is 0 Å². The molecule has 2 aliphatic rings. The number of urea groups is 1. The van der Waals surface area contributed by atoms with Gasteiger partial charge in [0.05, 0.1) is 18.2 Å². The van der Waals surface area contributed by atoms with Crippen LogP contribution in [0.3, 0.4) is 0 Å². The zero-order valence-corrected chi connectivity index (χ0v) is 15.9. The molecule has 1 fully saturated rings. The number of rotatable bonds is 4. The topological polar surface area (TPSA) is 81.8 Å². The molecule has 7 nitrogen and oxygen atoms in total. The third-order valence-electron chi connectivity index (χ3n) is 5.10. The van der Waals surface area contributed by atoms with E-state index in [1.807, 2.05) is 30.3 Å². The zero-order chi connectivity index (χ0) is 21.4. The Morgan fingerprint density at radius 2 is 1.83 bits per heavy atom. The maximum Gasteiger partial charge on any atom is 0.325 e. The van der Waals surface area contributed by atoms with Gasteiger partial charge in [-0.2, -0.15) is 0 Å². The monoisotopic (exact) mass is 412 g/mol. The van der Waals surface area contributed by atoms with E-state index < -0.39 is 41.6 Å². The van der Waals surface area contributed by atoms with E-state index in [0.29, 0.717) is 0 Å². The van der Waals surface area contributed by atoms with Crippen LogP contribution in [-0.4, -0.2) is 46.8 Å². The molecule has 154 valence electrons. The number of halogens is 2. The molecule has 9 heteroatoms. The lowest BCUT2D eigenvalue weighted by Gasteiger charge is -2.37. The molecule has 2 aromatic rings. The van der Waals surface area contributed by atoms with Gasteiger partial charge in [0.15, 0.2) is 11.6 Å². The maximum absolute atomic E-state index is 13.4. The molecule has 0 spiro atoms. The number of carbonyl (C=O) groups excluding carboxylic acids is 3. The van der Waals surface area contributed by atoms with E-state index in [0.717, 1.165) is 22.6 Å². The van der Waals surface area contributed by atoms with E-state index in [1.54, 1.807) is 11.9 Å². The van der Waals surface area contributed by atoms with Gasteiger partial charge < -0.3 is 15.5 Å². The first kappa shape index (κ1) is 19.6. The SMILES string of the molecule is CN1C=C(C(=O)Nc2ccc(F)c(F)c2)C2NC(=O)N(Cc3ccccc3)C(=O)C21. The molecule has 0 aliphatic carbocycles. The van der Waals surface area contributed by atoms with Crippen molar-refractivity contribution in [2.75, 3.05) is 12.4 Å². The van der Waals surface area contributed by atoms with Crippen molar-refractivity contribution >= 4 is 23.5 Å². The summed E-state index contributed by atoms with van der Waals surface area (Å²) in [6.07, 6.45) is 1.47. The van der Waals surface area contributed by atoms with Gasteiger partial charge in [0.1, 0.15) is 6.04 Å². The summed E-state index contributed by atoms with van der Waals surface area (Å²) in [6.45, 7) is 0.110. The van der Waals surface area contributed by atoms with Gasteiger partial charge in [-0.3, -0.25) is 14.5 Å². The van der Waals surface area contributed by atoms with Crippen molar-refractivity contribution in [3.63, 3.8) is 0 Å². The fourth-order valence-corrected chi connectivity index (χ4v) is 3.62. The van der Waals surface area contributed by atoms with E-state index >= 15 is 0 Å². The highest BCUT2D eigenvalue weighted by molar-refractivity contribution is 6.09. The number of hydrogen-bond donors (Lipinski definition) is 2. The molecule has 2 unspecified atom stereocenters. The van der Waals surface area contributed by atoms with E-state index in [4.69, 9.17) is 0 Å². The van der Waals surface area contributed by atoms with Crippen molar-refractivity contribution in [3.05, 3.63) is 77.5 Å². The maximum atomic E-state index is 13.4. The second kappa shape index (κ2) is 7.58. The summed E-state index contributed by atoms with van der Waals surface area (Å²) in [5, 5.41) is 5.18. The number of anilines is 1. The normalized spacial score (nSPS) is 20.6. The highest BCUT2D eigenvalue weighted by Crippen LogP contribution is 2.28. The summed E-state index contributed by atoms with van der Waals surface area (Å²) in [5.41, 5.74) is 1.00. The minimum atomic E-state index is -1.10. The second-order valence-electron chi connectivity index (χ2n) is 7.11. The molecular weight excluding hydrogens is 394 g/mol. The Hall–Kier alpha value is -3.75. The van der Waals surface area contributed by atoms with Crippen LogP contribution in [0.4, 0.5) is 19.3 Å². The molecule has 0 bridgehead atoms. The second-order valence-corrected chi connectivity index (χ2v) is 7.11. The van der Waals surface area contributed by atoms with Gasteiger partial charge in [-0.25, -0.2) is 13.6 Å². The highest BCUT2D eigenvalue weighted by Gasteiger charge is 2.49. The summed E-state index contributed by atoms with van der Waals surface area (Å²) >= 11 is 0. The van der Waals surface area contributed by atoms with Gasteiger partial charge in [0.2, 0.25) is 0 Å². The first-order valence-electron chi connectivity index (χ1n) is 9.21. The van der Waals surface area contributed by atoms with Gasteiger partial charge in [-0.15, -0.1) is 0 Å². The number of benzene rings is 2. The average molecular weight is 412 g/mol. The number of imide groups is 1. The van der Waals surface area contributed by atoms with Crippen LogP contribution in [0.2, 0.25) is 0 Å². The quantitative estimate of drug-likeness (QED) is 0.807. The molecule has 2 N–H and O–H groups in total. The lowest BCUT2D eigenvalue weighted by atomic mass is 9.99. The number of carbonyl (C=O) groups is 3. The van der Waals surface area contributed by atoms with Crippen molar-refractivity contribution in [1.29, 1.82) is 0 Å². The predicted molar refractivity (Wildman–Crippen MR) is 104 cm³/mol. The Labute approximate surface area is 171 Å². The molecule has 2 atom stereocenters. The number of likely N-dealkylation sites (N-methyl/N-ethyl adjacent to an activating group) is 1. The van der Waals surface area contributed by atoms with Gasteiger partial charge in [-0.05, 0) is 17.7 Å². The number of amides is 4. The average Bonchev–Trinajstić information content (AvgIpc) is 3.05. The molecule has 2 aromatic carbocycles. The van der Waals surface area contributed by atoms with Crippen molar-refractivity contribution in [2.24, 2.45) is 0 Å². The van der Waals surface area contributed by atoms with Crippen molar-refractivity contribution in [1.82, 2.24) is 15.1 Å². The van der Waals surface area contributed by atoms with Gasteiger partial charge in [0.25, 0.3) is 11.8 Å². The van der Waals surface area contributed by atoms with Crippen LogP contribution in [-0.2, 0) is 16.1 Å². The Kier molecular flexibility index (Phi) is 4.94. The zero-order valence-electron chi connectivity index (χ0n) is 15.9. The first-order chi connectivity index (χ1) is 14.3. The van der Waals surface area contributed by atoms with Gasteiger partial charge in [-0.1, -0.05) is 30.3 Å². The van der Waals surface area contributed by atoms with E-state index in [9.17, 15) is 23.2 Å². The third kappa shape index (κ3) is 3.49. The molecule has 2 heterocycles. The molecule has 2 aliphatic heterocycles. The Morgan fingerprint density at radius 1 is 1.10 bits per heavy atom. The fourth-order valence-electron chi connectivity index (χ4n) is 3.62. The molecule has 1 saturated heterocycles. The van der Waals surface area contributed by atoms with E-state index in [1.165, 1.54) is 12.3 Å². The van der Waals surface area contributed by atoms with E-state index in [2.05, 4.69) is 10.6 Å². The van der Waals surface area contributed by atoms with E-state index in [-0.39, 0.29) is 17.8 Å². The predicted octanol–water partition coefficient (Wildman–Crippen LogP) is 2.22. The van der Waals surface area contributed by atoms with Crippen LogP contribution in [0.1, 0.15) is 5.56 Å². The van der Waals surface area contributed by atoms with Crippen LogP contribution < -0.4 is 10.6 Å². The van der Waals surface area contributed by atoms with Crippen LogP contribution in [0, 0.1) is 11.6 Å². The Balaban J connectivity index is 1.52. The fraction of sp³-hybridized carbons (Fsp3) is 0.190. The smallest absolute Gasteiger partial charge is 0.325 e. The molecule has 30 heavy (non-hydrogen) atoms. The van der Waals surface area contributed by atoms with Gasteiger partial charge in [0, 0.05) is 25.0 Å². The number of fused-ring (bicyclic) bond motifs is 1. The molecule has 0 saturated carbocycles. The van der Waals surface area contributed by atoms with Crippen LogP contribution >= 0.6 is 0 Å². The molecular formula is C21H18F2N4O3. The third-order valence-corrected chi connectivity index (χ3v) is 5.10. The molecule has 4 rings (SSSR count). The van der Waals surface area contributed by atoms with Crippen molar-refractivity contribution in [3.8, 4) is 0 Å². The number of hydrogen-bond acceptors (Lipinski definition) is 4. The minimum Gasteiger partial charge on any atom is -0.366 e. The van der Waals surface area contributed by atoms with Gasteiger partial charge >= 0.3 is 6.03 Å². The highest BCUT2D eigenvalue weighted by atomic mass is 19.2. The minimum absolute atomic E-state index is 0.0602. The lowest BCUT2D eigenvalue weighted by Crippen LogP contribution is -2.64. The standard InChI is InChI=1S/C21H18F2N4O3/c1-26-11-14(19(28)24-13-7-8-15(22)16(23)9-13)17-18(26)20(29)27(21(30)25-17)10-12-5-3-2-4-6-12/h2-9,11,17-18H,10H2,1H3,(H,24,28)(H,25,30). The number of nitrogens with zero attached hydrogens (tertiary/aromatic N) is 2. The summed E-state index contributed by atoms with van der Waals surface area (Å²) in [5.74, 6) is -3.18. The first-order valence-corrected chi connectivity index (χ1v) is 9.21. The Morgan fingerprint density at radius 3 is 2.53 bits per heavy atom. The van der Waals surface area contributed by atoms with Crippen LogP contribution in [0.15, 0.2) is 60.3 Å².